The molecule has 0 radical (unpaired) electrons. The fourth-order valence-electron chi connectivity index (χ4n) is 3.03. The van der Waals surface area contributed by atoms with Crippen LogP contribution in [0, 0.1) is 24.0 Å². The van der Waals surface area contributed by atoms with Gasteiger partial charge in [-0.15, -0.1) is 21.5 Å². The van der Waals surface area contributed by atoms with Crippen LogP contribution in [0.4, 0.5) is 10.8 Å². The fourth-order valence-corrected chi connectivity index (χ4v) is 4.56. The summed E-state index contributed by atoms with van der Waals surface area (Å²) < 4.78 is 1.91. The molecule has 9 nitrogen and oxygen atoms in total. The van der Waals surface area contributed by atoms with Gasteiger partial charge in [0.25, 0.3) is 5.69 Å². The molecule has 0 unspecified atom stereocenters. The van der Waals surface area contributed by atoms with Gasteiger partial charge in [0.05, 0.1) is 16.4 Å². The first-order valence-corrected chi connectivity index (χ1v) is 11.4. The molecule has 0 bridgehead atoms. The number of nitrogens with zero attached hydrogens (tertiary/aromatic N) is 5. The van der Waals surface area contributed by atoms with Gasteiger partial charge in [0, 0.05) is 28.8 Å². The van der Waals surface area contributed by atoms with E-state index in [1.165, 1.54) is 35.2 Å². The third kappa shape index (κ3) is 4.84. The van der Waals surface area contributed by atoms with Gasteiger partial charge in [-0.2, -0.15) is 0 Å². The van der Waals surface area contributed by atoms with Crippen molar-refractivity contribution in [3.63, 3.8) is 0 Å². The standard InChI is InChI=1S/C21H18N6O3S2/c1-13-5-3-7-16(9-13)26-14(2)24-25-21(26)32-12-19(28)23-20-22-18(11-31-20)15-6-4-8-17(10-15)27(29)30/h3-11H,12H2,1-2H3,(H,22,23,28). The summed E-state index contributed by atoms with van der Waals surface area (Å²) in [5, 5.41) is 24.9. The number of carbonyl (C=O) groups is 1. The highest BCUT2D eigenvalue weighted by Crippen LogP contribution is 2.28. The van der Waals surface area contributed by atoms with Crippen LogP contribution in [-0.4, -0.2) is 36.3 Å². The van der Waals surface area contributed by atoms with Crippen molar-refractivity contribution >= 4 is 39.8 Å². The van der Waals surface area contributed by atoms with Crippen LogP contribution in [-0.2, 0) is 4.79 Å². The molecule has 0 aliphatic carbocycles. The summed E-state index contributed by atoms with van der Waals surface area (Å²) in [6, 6.07) is 14.2. The van der Waals surface area contributed by atoms with Gasteiger partial charge in [0.15, 0.2) is 10.3 Å². The van der Waals surface area contributed by atoms with Gasteiger partial charge in [-0.1, -0.05) is 36.0 Å². The number of aryl methyl sites for hydroxylation is 2. The Balaban J connectivity index is 1.42. The summed E-state index contributed by atoms with van der Waals surface area (Å²) in [6.07, 6.45) is 0. The van der Waals surface area contributed by atoms with Crippen molar-refractivity contribution in [2.45, 2.75) is 19.0 Å². The molecule has 32 heavy (non-hydrogen) atoms. The Hall–Kier alpha value is -3.57. The summed E-state index contributed by atoms with van der Waals surface area (Å²) >= 11 is 2.54. The van der Waals surface area contributed by atoms with Crippen LogP contribution in [0.1, 0.15) is 11.4 Å². The van der Waals surface area contributed by atoms with Crippen molar-refractivity contribution < 1.29 is 9.72 Å². The lowest BCUT2D eigenvalue weighted by molar-refractivity contribution is -0.384. The van der Waals surface area contributed by atoms with E-state index in [1.807, 2.05) is 42.7 Å². The largest absolute Gasteiger partial charge is 0.301 e. The summed E-state index contributed by atoms with van der Waals surface area (Å²) in [4.78, 5) is 27.4. The Morgan fingerprint density at radius 1 is 1.19 bits per heavy atom. The second-order valence-electron chi connectivity index (χ2n) is 6.89. The van der Waals surface area contributed by atoms with E-state index in [2.05, 4.69) is 20.5 Å². The number of benzene rings is 2. The number of nitro groups is 1. The zero-order valence-electron chi connectivity index (χ0n) is 17.2. The summed E-state index contributed by atoms with van der Waals surface area (Å²) in [5.74, 6) is 0.641. The second kappa shape index (κ2) is 9.28. The fraction of sp³-hybridized carbons (Fsp3) is 0.143. The molecule has 162 valence electrons. The molecule has 0 fully saturated rings. The normalized spacial score (nSPS) is 10.8. The van der Waals surface area contributed by atoms with Gasteiger partial charge in [0.1, 0.15) is 5.82 Å². The zero-order chi connectivity index (χ0) is 22.7. The first kappa shape index (κ1) is 21.7. The van der Waals surface area contributed by atoms with Crippen molar-refractivity contribution in [2.24, 2.45) is 0 Å². The highest BCUT2D eigenvalue weighted by Gasteiger charge is 2.15. The van der Waals surface area contributed by atoms with Crippen molar-refractivity contribution in [1.82, 2.24) is 19.7 Å². The number of carbonyl (C=O) groups excluding carboxylic acids is 1. The molecule has 0 spiro atoms. The lowest BCUT2D eigenvalue weighted by atomic mass is 10.1. The number of nitro benzene ring substituents is 1. The summed E-state index contributed by atoms with van der Waals surface area (Å²) in [7, 11) is 0. The molecule has 0 atom stereocenters. The molecule has 0 saturated heterocycles. The van der Waals surface area contributed by atoms with Crippen LogP contribution < -0.4 is 5.32 Å². The molecule has 4 aromatic rings. The maximum absolute atomic E-state index is 12.5. The molecular formula is C21H18N6O3S2. The number of hydrogen-bond acceptors (Lipinski definition) is 8. The lowest BCUT2D eigenvalue weighted by Gasteiger charge is -2.09. The Kier molecular flexibility index (Phi) is 6.28. The van der Waals surface area contributed by atoms with E-state index >= 15 is 0 Å². The van der Waals surface area contributed by atoms with E-state index in [4.69, 9.17) is 0 Å². The first-order chi connectivity index (χ1) is 15.4. The third-order valence-corrected chi connectivity index (χ3v) is 6.18. The smallest absolute Gasteiger partial charge is 0.270 e. The monoisotopic (exact) mass is 466 g/mol. The third-order valence-electron chi connectivity index (χ3n) is 4.49. The second-order valence-corrected chi connectivity index (χ2v) is 8.69. The molecule has 0 aliphatic heterocycles. The topological polar surface area (TPSA) is 116 Å². The first-order valence-electron chi connectivity index (χ1n) is 9.53. The van der Waals surface area contributed by atoms with Crippen molar-refractivity contribution in [2.75, 3.05) is 11.1 Å². The van der Waals surface area contributed by atoms with E-state index in [-0.39, 0.29) is 17.3 Å². The molecule has 2 heterocycles. The van der Waals surface area contributed by atoms with Gasteiger partial charge < -0.3 is 5.32 Å². The van der Waals surface area contributed by atoms with Crippen molar-refractivity contribution in [3.8, 4) is 16.9 Å². The average Bonchev–Trinajstić information content (AvgIpc) is 3.39. The SMILES string of the molecule is Cc1cccc(-n2c(C)nnc2SCC(=O)Nc2nc(-c3cccc([N+](=O)[O-])c3)cs2)c1. The maximum Gasteiger partial charge on any atom is 0.270 e. The number of amides is 1. The minimum Gasteiger partial charge on any atom is -0.301 e. The van der Waals surface area contributed by atoms with Crippen LogP contribution in [0.2, 0.25) is 0 Å². The van der Waals surface area contributed by atoms with Gasteiger partial charge in [0.2, 0.25) is 5.91 Å². The van der Waals surface area contributed by atoms with Gasteiger partial charge in [-0.05, 0) is 31.5 Å². The van der Waals surface area contributed by atoms with Crippen LogP contribution in [0.5, 0.6) is 0 Å². The Labute approximate surface area is 191 Å². The Morgan fingerprint density at radius 2 is 2.00 bits per heavy atom. The predicted octanol–water partition coefficient (Wildman–Crippen LogP) is 4.65. The molecule has 11 heteroatoms. The number of rotatable bonds is 7. The molecule has 2 aromatic heterocycles. The molecule has 0 aliphatic rings. The van der Waals surface area contributed by atoms with Crippen LogP contribution >= 0.6 is 23.1 Å². The quantitative estimate of drug-likeness (QED) is 0.239. The minimum absolute atomic E-state index is 0.00880. The maximum atomic E-state index is 12.5. The van der Waals surface area contributed by atoms with Crippen molar-refractivity contribution in [3.05, 3.63) is 75.4 Å². The Morgan fingerprint density at radius 3 is 2.78 bits per heavy atom. The molecule has 1 amide bonds. The zero-order valence-corrected chi connectivity index (χ0v) is 18.8. The number of aromatic nitrogens is 4. The lowest BCUT2D eigenvalue weighted by Crippen LogP contribution is -2.14. The van der Waals surface area contributed by atoms with E-state index in [1.54, 1.807) is 17.5 Å². The van der Waals surface area contributed by atoms with Gasteiger partial charge in [-0.3, -0.25) is 19.5 Å². The van der Waals surface area contributed by atoms with Crippen LogP contribution in [0.15, 0.2) is 59.1 Å². The molecule has 4 rings (SSSR count). The number of non-ortho nitro benzene ring substituents is 1. The minimum atomic E-state index is -0.451. The number of nitrogens with one attached hydrogen (secondary N) is 1. The van der Waals surface area contributed by atoms with Crippen molar-refractivity contribution in [1.29, 1.82) is 0 Å². The number of thioether (sulfide) groups is 1. The highest BCUT2D eigenvalue weighted by molar-refractivity contribution is 7.99. The predicted molar refractivity (Wildman–Crippen MR) is 124 cm³/mol. The van der Waals surface area contributed by atoms with E-state index < -0.39 is 4.92 Å². The molecule has 0 saturated carbocycles. The number of hydrogen-bond donors (Lipinski definition) is 1. The molecule has 2 aromatic carbocycles. The number of thiazole rings is 1. The molecular weight excluding hydrogens is 448 g/mol. The van der Waals surface area contributed by atoms with Crippen LogP contribution in [0.3, 0.4) is 0 Å². The van der Waals surface area contributed by atoms with E-state index in [0.29, 0.717) is 21.5 Å². The summed E-state index contributed by atoms with van der Waals surface area (Å²) in [5.41, 5.74) is 3.23. The van der Waals surface area contributed by atoms with Gasteiger partial charge >= 0.3 is 0 Å². The Bertz CT molecular complexity index is 1300. The number of anilines is 1. The van der Waals surface area contributed by atoms with E-state index in [9.17, 15) is 14.9 Å². The van der Waals surface area contributed by atoms with Gasteiger partial charge in [-0.25, -0.2) is 4.98 Å². The van der Waals surface area contributed by atoms with Crippen LogP contribution in [0.25, 0.3) is 16.9 Å². The van der Waals surface area contributed by atoms with E-state index in [0.717, 1.165) is 17.1 Å². The molecule has 1 N–H and O–H groups in total. The highest BCUT2D eigenvalue weighted by atomic mass is 32.2. The summed E-state index contributed by atoms with van der Waals surface area (Å²) in [6.45, 7) is 3.88. The average molecular weight is 467 g/mol.